The number of rotatable bonds is 6. The summed E-state index contributed by atoms with van der Waals surface area (Å²) in [6.45, 7) is 2.26. The van der Waals surface area contributed by atoms with Gasteiger partial charge in [-0.1, -0.05) is 13.3 Å². The monoisotopic (exact) mass is 484 g/mol. The summed E-state index contributed by atoms with van der Waals surface area (Å²) in [7, 11) is 3.93. The predicted molar refractivity (Wildman–Crippen MR) is 130 cm³/mol. The van der Waals surface area contributed by atoms with E-state index in [2.05, 4.69) is 0 Å². The molecule has 2 heterocycles. The first-order valence-electron chi connectivity index (χ1n) is 13.0. The number of aromatic hydroxyl groups is 1. The Bertz CT molecular complexity index is 1260. The second-order valence-corrected chi connectivity index (χ2v) is 11.7. The number of carbonyl (C=O) groups excluding carboxylic acids is 1. The summed E-state index contributed by atoms with van der Waals surface area (Å²) in [6.07, 6.45) is 8.08. The number of amidine groups is 1. The lowest BCUT2D eigenvalue weighted by Gasteiger charge is -2.52. The molecule has 1 aromatic rings. The van der Waals surface area contributed by atoms with Gasteiger partial charge in [-0.25, -0.2) is 9.59 Å². The van der Waals surface area contributed by atoms with E-state index in [-0.39, 0.29) is 40.7 Å². The van der Waals surface area contributed by atoms with Crippen LogP contribution in [0.25, 0.3) is 0 Å². The fourth-order valence-electron chi connectivity index (χ4n) is 8.89. The van der Waals surface area contributed by atoms with Gasteiger partial charge in [0.25, 0.3) is 5.56 Å². The Morgan fingerprint density at radius 2 is 1.77 bits per heavy atom. The molecule has 1 saturated heterocycles. The average Bonchev–Trinajstić information content (AvgIpc) is 3.70. The molecule has 0 bridgehead atoms. The molecule has 4 saturated carbocycles. The van der Waals surface area contributed by atoms with Crippen LogP contribution in [0.15, 0.2) is 9.59 Å². The van der Waals surface area contributed by atoms with Crippen molar-refractivity contribution in [3.8, 4) is 5.88 Å². The van der Waals surface area contributed by atoms with Crippen LogP contribution in [0.4, 0.5) is 4.79 Å². The molecule has 1 unspecified atom stereocenters. The molecule has 190 valence electrons. The van der Waals surface area contributed by atoms with Crippen LogP contribution in [0.2, 0.25) is 0 Å². The molecular weight excluding hydrogens is 448 g/mol. The van der Waals surface area contributed by atoms with E-state index in [0.717, 1.165) is 25.7 Å². The first-order valence-corrected chi connectivity index (χ1v) is 13.0. The largest absolute Gasteiger partial charge is 0.494 e. The van der Waals surface area contributed by atoms with Crippen molar-refractivity contribution in [2.45, 2.75) is 88.4 Å². The van der Waals surface area contributed by atoms with Gasteiger partial charge in [0.2, 0.25) is 5.88 Å². The molecule has 10 heteroatoms. The lowest BCUT2D eigenvalue weighted by Crippen LogP contribution is -2.55. The predicted octanol–water partition coefficient (Wildman–Crippen LogP) is 1.82. The molecule has 2 spiro atoms. The van der Waals surface area contributed by atoms with Crippen LogP contribution in [-0.4, -0.2) is 61.1 Å². The van der Waals surface area contributed by atoms with E-state index in [1.807, 2.05) is 30.8 Å². The number of hydrogen-bond acceptors (Lipinski definition) is 5. The Labute approximate surface area is 204 Å². The minimum absolute atomic E-state index is 0.0309. The molecule has 3 atom stereocenters. The van der Waals surface area contributed by atoms with E-state index in [0.29, 0.717) is 31.1 Å². The third kappa shape index (κ3) is 2.41. The SMILES string of the molecule is CCCCn1c(O)c(C(=N)N)c(=O)n(C2CCC3(CC2)C[C@@]24C3[C@]2(C2CC2)N(C)C(=O)N4C)c1=O. The van der Waals surface area contributed by atoms with Crippen molar-refractivity contribution >= 4 is 11.9 Å². The molecule has 5 aliphatic rings. The fraction of sp³-hybridized carbons (Fsp3) is 0.760. The van der Waals surface area contributed by atoms with Gasteiger partial charge in [0.1, 0.15) is 11.4 Å². The van der Waals surface area contributed by atoms with Crippen molar-refractivity contribution in [3.63, 3.8) is 0 Å². The molecule has 1 aliphatic heterocycles. The van der Waals surface area contributed by atoms with Crippen LogP contribution in [0.5, 0.6) is 5.88 Å². The molecule has 0 radical (unpaired) electrons. The van der Waals surface area contributed by atoms with Gasteiger partial charge < -0.3 is 20.6 Å². The number of nitrogen functional groups attached to an aromatic ring is 1. The Hall–Kier alpha value is -2.78. The minimum Gasteiger partial charge on any atom is -0.494 e. The summed E-state index contributed by atoms with van der Waals surface area (Å²) >= 11 is 0. The van der Waals surface area contributed by atoms with Crippen molar-refractivity contribution in [2.75, 3.05) is 14.1 Å². The standard InChI is InChI=1S/C25H36N6O4/c1-4-5-12-30-18(32)16(17(26)27)19(33)31(22(30)35)15-8-10-23(11-9-15)13-24-20(23)25(24,14-6-7-14)29(3)21(34)28(24)2/h14-15,20,32H,4-13H2,1-3H3,(H3,26,27)/t15?,20?,23?,24-,25+/m1/s1. The number of carbonyl (C=O) groups is 1. The highest BCUT2D eigenvalue weighted by atomic mass is 16.3. The number of nitrogens with two attached hydrogens (primary N) is 1. The average molecular weight is 485 g/mol. The van der Waals surface area contributed by atoms with Crippen LogP contribution in [0.1, 0.15) is 76.3 Å². The third-order valence-corrected chi connectivity index (χ3v) is 10.4. The topological polar surface area (TPSA) is 138 Å². The van der Waals surface area contributed by atoms with Gasteiger partial charge in [0.05, 0.1) is 11.1 Å². The molecule has 0 aromatic carbocycles. The highest BCUT2D eigenvalue weighted by molar-refractivity contribution is 5.96. The van der Waals surface area contributed by atoms with Gasteiger partial charge in [0, 0.05) is 32.6 Å². The molecule has 4 aliphatic carbocycles. The summed E-state index contributed by atoms with van der Waals surface area (Å²) in [5.41, 5.74) is 4.28. The van der Waals surface area contributed by atoms with Gasteiger partial charge >= 0.3 is 11.7 Å². The summed E-state index contributed by atoms with van der Waals surface area (Å²) in [5, 5.41) is 18.4. The summed E-state index contributed by atoms with van der Waals surface area (Å²) in [5.74, 6) is 0.0345. The maximum atomic E-state index is 13.3. The molecule has 6 rings (SSSR count). The number of hydrogen-bond donors (Lipinski definition) is 3. The zero-order valence-corrected chi connectivity index (χ0v) is 20.8. The van der Waals surface area contributed by atoms with Gasteiger partial charge in [-0.05, 0) is 62.7 Å². The summed E-state index contributed by atoms with van der Waals surface area (Å²) < 4.78 is 2.45. The van der Waals surface area contributed by atoms with Crippen LogP contribution in [0.3, 0.4) is 0 Å². The van der Waals surface area contributed by atoms with Crippen molar-refractivity contribution < 1.29 is 9.90 Å². The first kappa shape index (κ1) is 22.7. The second kappa shape index (κ2) is 6.91. The Morgan fingerprint density at radius 1 is 1.11 bits per heavy atom. The van der Waals surface area contributed by atoms with E-state index >= 15 is 0 Å². The van der Waals surface area contributed by atoms with Crippen molar-refractivity contribution in [3.05, 3.63) is 26.4 Å². The second-order valence-electron chi connectivity index (χ2n) is 11.7. The van der Waals surface area contributed by atoms with Gasteiger partial charge in [-0.15, -0.1) is 0 Å². The number of unbranched alkanes of at least 4 members (excludes halogenated alkanes) is 1. The highest BCUT2D eigenvalue weighted by Gasteiger charge is 2.98. The number of amides is 2. The molecular formula is C25H36N6O4. The van der Waals surface area contributed by atoms with Crippen LogP contribution < -0.4 is 17.0 Å². The fourth-order valence-corrected chi connectivity index (χ4v) is 8.89. The number of likely N-dealkylation sites (N-methyl/N-ethyl adjacent to an activating group) is 2. The molecule has 10 nitrogen and oxygen atoms in total. The molecule has 35 heavy (non-hydrogen) atoms. The normalized spacial score (nSPS) is 37.3. The van der Waals surface area contributed by atoms with Crippen molar-refractivity contribution in [2.24, 2.45) is 23.0 Å². The van der Waals surface area contributed by atoms with Crippen LogP contribution in [0, 0.1) is 22.7 Å². The molecule has 1 aromatic heterocycles. The Balaban J connectivity index is 1.30. The third-order valence-electron chi connectivity index (χ3n) is 10.4. The number of nitrogens with one attached hydrogen (secondary N) is 1. The van der Waals surface area contributed by atoms with Crippen LogP contribution >= 0.6 is 0 Å². The number of urea groups is 1. The highest BCUT2D eigenvalue weighted by Crippen LogP contribution is 2.88. The lowest BCUT2D eigenvalue weighted by molar-refractivity contribution is -0.0239. The Morgan fingerprint density at radius 3 is 2.34 bits per heavy atom. The smallest absolute Gasteiger partial charge is 0.334 e. The maximum absolute atomic E-state index is 13.3. The van der Waals surface area contributed by atoms with E-state index in [1.54, 1.807) is 0 Å². The van der Waals surface area contributed by atoms with E-state index < -0.39 is 23.0 Å². The lowest BCUT2D eigenvalue weighted by atomic mass is 9.57. The zero-order valence-electron chi connectivity index (χ0n) is 20.8. The quantitative estimate of drug-likeness (QED) is 0.418. The molecule has 4 N–H and O–H groups in total. The number of nitrogens with zero attached hydrogens (tertiary/aromatic N) is 4. The molecule has 5 fully saturated rings. The first-order chi connectivity index (χ1) is 16.6. The van der Waals surface area contributed by atoms with E-state index in [1.165, 1.54) is 22.0 Å². The zero-order chi connectivity index (χ0) is 25.1. The maximum Gasteiger partial charge on any atom is 0.334 e. The van der Waals surface area contributed by atoms with Crippen molar-refractivity contribution in [1.82, 2.24) is 18.9 Å². The van der Waals surface area contributed by atoms with Crippen LogP contribution in [-0.2, 0) is 6.54 Å². The van der Waals surface area contributed by atoms with E-state index in [9.17, 15) is 19.5 Å². The van der Waals surface area contributed by atoms with Gasteiger partial charge in [-0.2, -0.15) is 0 Å². The molecule has 2 amide bonds. The Kier molecular flexibility index (Phi) is 4.48. The van der Waals surface area contributed by atoms with Gasteiger partial charge in [-0.3, -0.25) is 19.3 Å². The number of aromatic nitrogens is 2. The summed E-state index contributed by atoms with van der Waals surface area (Å²) in [4.78, 5) is 43.4. The number of fused-ring (bicyclic) bond motifs is 2. The summed E-state index contributed by atoms with van der Waals surface area (Å²) in [6, 6.07) is -0.145. The van der Waals surface area contributed by atoms with Gasteiger partial charge in [0.15, 0.2) is 0 Å². The van der Waals surface area contributed by atoms with E-state index in [4.69, 9.17) is 11.1 Å². The minimum atomic E-state index is -0.665. The van der Waals surface area contributed by atoms with Crippen molar-refractivity contribution in [1.29, 1.82) is 5.41 Å².